The van der Waals surface area contributed by atoms with Crippen molar-refractivity contribution in [3.63, 3.8) is 0 Å². The van der Waals surface area contributed by atoms with Crippen molar-refractivity contribution < 1.29 is 9.50 Å². The Hall–Kier alpha value is -1.67. The molecular weight excluding hydrogens is 440 g/mol. The van der Waals surface area contributed by atoms with Crippen LogP contribution in [0, 0.1) is 17.7 Å². The molecule has 0 radical (unpaired) electrons. The lowest BCUT2D eigenvalue weighted by atomic mass is 9.81. The molecule has 2 aliphatic rings. The third-order valence-electron chi connectivity index (χ3n) is 6.33. The first-order chi connectivity index (χ1) is 14.9. The lowest BCUT2D eigenvalue weighted by Gasteiger charge is -2.46. The molecule has 2 fully saturated rings. The van der Waals surface area contributed by atoms with Crippen LogP contribution in [0.25, 0.3) is 0 Å². The van der Waals surface area contributed by atoms with Crippen LogP contribution in [0.1, 0.15) is 31.4 Å². The standard InChI is InChI=1S/C22H28Cl2FN5O/c1-14(18-5-4-17(23)9-19(18)24)27-21-20(25)10-26-22(28-21)30-12-16(13-30)15-3-2-6-29(11-15)7-8-31/h4-5,9-10,14-16,31H,2-3,6-8,11-13H2,1H3,(H,26,27,28)/t14?,15-/m0/s1. The van der Waals surface area contributed by atoms with E-state index in [2.05, 4.69) is 25.1 Å². The van der Waals surface area contributed by atoms with Gasteiger partial charge < -0.3 is 20.2 Å². The van der Waals surface area contributed by atoms with E-state index in [1.54, 1.807) is 12.1 Å². The van der Waals surface area contributed by atoms with Crippen LogP contribution in [0.2, 0.25) is 10.0 Å². The summed E-state index contributed by atoms with van der Waals surface area (Å²) < 4.78 is 14.4. The van der Waals surface area contributed by atoms with Gasteiger partial charge in [-0.05, 0) is 55.8 Å². The first-order valence-electron chi connectivity index (χ1n) is 10.8. The summed E-state index contributed by atoms with van der Waals surface area (Å²) in [6, 6.07) is 5.01. The maximum atomic E-state index is 14.4. The van der Waals surface area contributed by atoms with Crippen LogP contribution in [0.15, 0.2) is 24.4 Å². The minimum atomic E-state index is -0.496. The van der Waals surface area contributed by atoms with Gasteiger partial charge in [0.25, 0.3) is 0 Å². The molecule has 1 aromatic carbocycles. The van der Waals surface area contributed by atoms with Gasteiger partial charge in [0.15, 0.2) is 11.6 Å². The number of halogens is 3. The third-order valence-corrected chi connectivity index (χ3v) is 6.89. The number of β-amino-alcohol motifs (C(OH)–C–C–N with tert-alkyl or cyclic N) is 1. The van der Waals surface area contributed by atoms with Gasteiger partial charge in [-0.2, -0.15) is 4.98 Å². The third kappa shape index (κ3) is 5.22. The molecule has 3 heterocycles. The van der Waals surface area contributed by atoms with Crippen LogP contribution in [0.3, 0.4) is 0 Å². The van der Waals surface area contributed by atoms with Crippen molar-refractivity contribution in [1.29, 1.82) is 0 Å². The number of nitrogens with one attached hydrogen (secondary N) is 1. The highest BCUT2D eigenvalue weighted by molar-refractivity contribution is 6.35. The average molecular weight is 468 g/mol. The van der Waals surface area contributed by atoms with E-state index < -0.39 is 5.82 Å². The Bertz CT molecular complexity index is 909. The molecule has 0 saturated carbocycles. The van der Waals surface area contributed by atoms with Gasteiger partial charge in [0, 0.05) is 36.2 Å². The molecule has 4 rings (SSSR count). The molecule has 1 unspecified atom stereocenters. The quantitative estimate of drug-likeness (QED) is 0.634. The molecule has 2 atom stereocenters. The minimum absolute atomic E-state index is 0.166. The Morgan fingerprint density at radius 3 is 2.81 bits per heavy atom. The molecule has 1 aromatic heterocycles. The van der Waals surface area contributed by atoms with Crippen LogP contribution in [-0.4, -0.2) is 59.3 Å². The molecule has 0 bridgehead atoms. The molecule has 2 aromatic rings. The molecule has 2 N–H and O–H groups in total. The second-order valence-electron chi connectivity index (χ2n) is 8.49. The van der Waals surface area contributed by atoms with Gasteiger partial charge in [-0.15, -0.1) is 0 Å². The summed E-state index contributed by atoms with van der Waals surface area (Å²) >= 11 is 12.3. The van der Waals surface area contributed by atoms with Crippen molar-refractivity contribution in [3.8, 4) is 0 Å². The summed E-state index contributed by atoms with van der Waals surface area (Å²) in [6.07, 6.45) is 3.61. The number of nitrogens with zero attached hydrogens (tertiary/aromatic N) is 4. The zero-order valence-electron chi connectivity index (χ0n) is 17.6. The smallest absolute Gasteiger partial charge is 0.227 e. The van der Waals surface area contributed by atoms with Crippen LogP contribution in [0.4, 0.5) is 16.2 Å². The van der Waals surface area contributed by atoms with Gasteiger partial charge in [-0.3, -0.25) is 0 Å². The van der Waals surface area contributed by atoms with Crippen molar-refractivity contribution in [2.24, 2.45) is 11.8 Å². The van der Waals surface area contributed by atoms with Crippen LogP contribution >= 0.6 is 23.2 Å². The Labute approximate surface area is 192 Å². The van der Waals surface area contributed by atoms with E-state index in [0.717, 1.165) is 38.3 Å². The fourth-order valence-corrected chi connectivity index (χ4v) is 5.11. The minimum Gasteiger partial charge on any atom is -0.395 e. The maximum absolute atomic E-state index is 14.4. The van der Waals surface area contributed by atoms with Crippen molar-refractivity contribution >= 4 is 35.0 Å². The zero-order chi connectivity index (χ0) is 22.0. The number of hydrogen-bond acceptors (Lipinski definition) is 6. The molecule has 6 nitrogen and oxygen atoms in total. The molecule has 168 valence electrons. The van der Waals surface area contributed by atoms with E-state index in [4.69, 9.17) is 23.2 Å². The molecule has 2 saturated heterocycles. The van der Waals surface area contributed by atoms with E-state index in [0.29, 0.717) is 27.8 Å². The summed E-state index contributed by atoms with van der Waals surface area (Å²) in [5.41, 5.74) is 0.819. The summed E-state index contributed by atoms with van der Waals surface area (Å²) in [6.45, 7) is 6.72. The molecule has 2 aliphatic heterocycles. The highest BCUT2D eigenvalue weighted by Gasteiger charge is 2.37. The van der Waals surface area contributed by atoms with Gasteiger partial charge >= 0.3 is 0 Å². The number of piperidine rings is 1. The summed E-state index contributed by atoms with van der Waals surface area (Å²) in [5.74, 6) is 1.42. The number of hydrogen-bond donors (Lipinski definition) is 2. The molecule has 0 aliphatic carbocycles. The van der Waals surface area contributed by atoms with E-state index in [9.17, 15) is 9.50 Å². The van der Waals surface area contributed by atoms with Gasteiger partial charge in [0.1, 0.15) is 0 Å². The lowest BCUT2D eigenvalue weighted by Crippen LogP contribution is -2.54. The Balaban J connectivity index is 1.38. The topological polar surface area (TPSA) is 64.5 Å². The van der Waals surface area contributed by atoms with E-state index in [1.165, 1.54) is 19.0 Å². The highest BCUT2D eigenvalue weighted by atomic mass is 35.5. The second-order valence-corrected chi connectivity index (χ2v) is 9.33. The average Bonchev–Trinajstić information content (AvgIpc) is 2.70. The Kier molecular flexibility index (Phi) is 7.16. The predicted octanol–water partition coefficient (Wildman–Crippen LogP) is 4.24. The summed E-state index contributed by atoms with van der Waals surface area (Å²) in [5, 5.41) is 13.4. The van der Waals surface area contributed by atoms with E-state index >= 15 is 0 Å². The number of anilines is 2. The Morgan fingerprint density at radius 2 is 2.06 bits per heavy atom. The van der Waals surface area contributed by atoms with Gasteiger partial charge in [-0.25, -0.2) is 9.37 Å². The first-order valence-corrected chi connectivity index (χ1v) is 11.5. The molecule has 31 heavy (non-hydrogen) atoms. The Morgan fingerprint density at radius 1 is 1.26 bits per heavy atom. The van der Waals surface area contributed by atoms with Crippen LogP contribution in [0.5, 0.6) is 0 Å². The number of aliphatic hydroxyl groups is 1. The first kappa shape index (κ1) is 22.5. The lowest BCUT2D eigenvalue weighted by molar-refractivity contribution is 0.101. The van der Waals surface area contributed by atoms with E-state index in [-0.39, 0.29) is 18.5 Å². The monoisotopic (exact) mass is 467 g/mol. The molecule has 0 spiro atoms. The van der Waals surface area contributed by atoms with Crippen LogP contribution < -0.4 is 10.2 Å². The molecular formula is C22H28Cl2FN5O. The maximum Gasteiger partial charge on any atom is 0.227 e. The van der Waals surface area contributed by atoms with Gasteiger partial charge in [0.2, 0.25) is 5.95 Å². The second kappa shape index (κ2) is 9.86. The predicted molar refractivity (Wildman–Crippen MR) is 122 cm³/mol. The highest BCUT2D eigenvalue weighted by Crippen LogP contribution is 2.34. The van der Waals surface area contributed by atoms with Crippen molar-refractivity contribution in [2.75, 3.05) is 49.5 Å². The van der Waals surface area contributed by atoms with Crippen molar-refractivity contribution in [1.82, 2.24) is 14.9 Å². The molecule has 9 heteroatoms. The van der Waals surface area contributed by atoms with Gasteiger partial charge in [0.05, 0.1) is 18.8 Å². The number of aliphatic hydroxyl groups excluding tert-OH is 1. The SMILES string of the molecule is CC(Nc1nc(N2CC([C@H]3CCCN(CCO)C3)C2)ncc1F)c1ccc(Cl)cc1Cl. The van der Waals surface area contributed by atoms with Crippen molar-refractivity contribution in [2.45, 2.75) is 25.8 Å². The normalized spacial score (nSPS) is 21.1. The summed E-state index contributed by atoms with van der Waals surface area (Å²) in [7, 11) is 0. The number of aromatic nitrogens is 2. The number of rotatable bonds is 7. The van der Waals surface area contributed by atoms with Crippen LogP contribution in [-0.2, 0) is 0 Å². The van der Waals surface area contributed by atoms with Gasteiger partial charge in [-0.1, -0.05) is 29.3 Å². The summed E-state index contributed by atoms with van der Waals surface area (Å²) in [4.78, 5) is 13.1. The largest absolute Gasteiger partial charge is 0.395 e. The number of likely N-dealkylation sites (tertiary alicyclic amines) is 1. The zero-order valence-corrected chi connectivity index (χ0v) is 19.1. The fourth-order valence-electron chi connectivity index (χ4n) is 4.54. The number of benzene rings is 1. The van der Waals surface area contributed by atoms with Crippen molar-refractivity contribution in [3.05, 3.63) is 45.8 Å². The fraction of sp³-hybridized carbons (Fsp3) is 0.545. The van der Waals surface area contributed by atoms with E-state index in [1.807, 2.05) is 13.0 Å². The molecule has 0 amide bonds.